The molecule has 5 heterocycles. The Kier molecular flexibility index (Phi) is 4.14. The maximum absolute atomic E-state index is 13.4. The summed E-state index contributed by atoms with van der Waals surface area (Å²) in [5.74, 6) is 2.04. The quantitative estimate of drug-likeness (QED) is 0.490. The third kappa shape index (κ3) is 3.02. The number of pyridine rings is 1. The van der Waals surface area contributed by atoms with Gasteiger partial charge in [0.1, 0.15) is 18.0 Å². The van der Waals surface area contributed by atoms with Gasteiger partial charge in [-0.3, -0.25) is 4.57 Å². The first-order chi connectivity index (χ1) is 15.2. The van der Waals surface area contributed by atoms with Gasteiger partial charge in [0.05, 0.1) is 17.6 Å². The zero-order valence-electron chi connectivity index (χ0n) is 16.9. The van der Waals surface area contributed by atoms with Gasteiger partial charge in [-0.2, -0.15) is 0 Å². The second-order valence-corrected chi connectivity index (χ2v) is 8.28. The van der Waals surface area contributed by atoms with Crippen LogP contribution in [0.4, 0.5) is 10.2 Å². The number of nitrogens with two attached hydrogens (primary N) is 1. The molecule has 8 heteroatoms. The van der Waals surface area contributed by atoms with Crippen molar-refractivity contribution in [1.82, 2.24) is 24.3 Å². The van der Waals surface area contributed by atoms with Crippen LogP contribution in [-0.2, 0) is 6.54 Å². The van der Waals surface area contributed by atoms with Gasteiger partial charge in [0.15, 0.2) is 5.82 Å². The fourth-order valence-electron chi connectivity index (χ4n) is 4.63. The van der Waals surface area contributed by atoms with Crippen molar-refractivity contribution in [2.45, 2.75) is 13.0 Å². The minimum atomic E-state index is -0.239. The van der Waals surface area contributed by atoms with Gasteiger partial charge in [-0.05, 0) is 48.7 Å². The Labute approximate surface area is 179 Å². The van der Waals surface area contributed by atoms with Crippen LogP contribution in [0, 0.1) is 11.7 Å². The lowest BCUT2D eigenvalue weighted by Gasteiger charge is -2.19. The second kappa shape index (κ2) is 7.02. The van der Waals surface area contributed by atoms with Gasteiger partial charge in [-0.1, -0.05) is 12.1 Å². The second-order valence-electron chi connectivity index (χ2n) is 8.28. The van der Waals surface area contributed by atoms with Crippen LogP contribution in [0.25, 0.3) is 28.3 Å². The number of fused-ring (bicyclic) bond motifs is 5. The third-order valence-corrected chi connectivity index (χ3v) is 6.35. The van der Waals surface area contributed by atoms with Gasteiger partial charge in [0.2, 0.25) is 0 Å². The summed E-state index contributed by atoms with van der Waals surface area (Å²) in [5.41, 5.74) is 11.0. The van der Waals surface area contributed by atoms with Crippen molar-refractivity contribution < 1.29 is 4.39 Å². The third-order valence-electron chi connectivity index (χ3n) is 6.35. The van der Waals surface area contributed by atoms with Crippen LogP contribution in [-0.4, -0.2) is 43.9 Å². The average Bonchev–Trinajstić information content (AvgIpc) is 3.52. The van der Waals surface area contributed by atoms with E-state index in [1.54, 1.807) is 18.5 Å². The molecule has 2 aliphatic rings. The van der Waals surface area contributed by atoms with Crippen LogP contribution < -0.4 is 10.6 Å². The Morgan fingerprint density at radius 3 is 2.81 bits per heavy atom. The molecule has 0 saturated carbocycles. The highest BCUT2D eigenvalue weighted by Gasteiger charge is 2.26. The summed E-state index contributed by atoms with van der Waals surface area (Å²) in [7, 11) is 0. The number of halogens is 1. The highest BCUT2D eigenvalue weighted by Crippen LogP contribution is 2.34. The molecule has 7 nitrogen and oxygen atoms in total. The molecule has 1 fully saturated rings. The number of aromatic nitrogens is 5. The molecule has 3 aromatic heterocycles. The fraction of sp³-hybridized carbons (Fsp3) is 0.261. The predicted octanol–water partition coefficient (Wildman–Crippen LogP) is 3.08. The zero-order valence-corrected chi connectivity index (χ0v) is 16.9. The van der Waals surface area contributed by atoms with Crippen molar-refractivity contribution in [3.05, 3.63) is 66.5 Å². The fourth-order valence-corrected chi connectivity index (χ4v) is 4.63. The molecule has 0 amide bonds. The van der Waals surface area contributed by atoms with Crippen LogP contribution in [0.5, 0.6) is 0 Å². The van der Waals surface area contributed by atoms with E-state index in [4.69, 9.17) is 10.7 Å². The van der Waals surface area contributed by atoms with Gasteiger partial charge in [0.25, 0.3) is 0 Å². The molecule has 0 radical (unpaired) electrons. The van der Waals surface area contributed by atoms with Crippen molar-refractivity contribution in [2.75, 3.05) is 24.5 Å². The number of benzene rings is 1. The van der Waals surface area contributed by atoms with Crippen molar-refractivity contribution in [2.24, 2.45) is 11.7 Å². The van der Waals surface area contributed by atoms with Crippen LogP contribution in [0.15, 0.2) is 55.1 Å². The molecular formula is C23H22FN7. The summed E-state index contributed by atoms with van der Waals surface area (Å²) in [6.45, 7) is 3.34. The van der Waals surface area contributed by atoms with E-state index in [0.717, 1.165) is 59.2 Å². The van der Waals surface area contributed by atoms with Crippen molar-refractivity contribution in [1.29, 1.82) is 0 Å². The molecule has 0 unspecified atom stereocenters. The number of nitrogens with zero attached hydrogens (tertiary/aromatic N) is 6. The van der Waals surface area contributed by atoms with Crippen molar-refractivity contribution in [3.63, 3.8) is 0 Å². The molecule has 4 aromatic rings. The van der Waals surface area contributed by atoms with E-state index in [1.807, 2.05) is 10.8 Å². The monoisotopic (exact) mass is 415 g/mol. The van der Waals surface area contributed by atoms with E-state index in [9.17, 15) is 4.39 Å². The summed E-state index contributed by atoms with van der Waals surface area (Å²) < 4.78 is 17.5. The lowest BCUT2D eigenvalue weighted by atomic mass is 10.1. The highest BCUT2D eigenvalue weighted by atomic mass is 19.1. The normalized spacial score (nSPS) is 17.2. The molecule has 1 aromatic carbocycles. The summed E-state index contributed by atoms with van der Waals surface area (Å²) in [6, 6.07) is 10.8. The lowest BCUT2D eigenvalue weighted by molar-refractivity contribution is 0.602. The highest BCUT2D eigenvalue weighted by molar-refractivity contribution is 5.71. The molecule has 2 aliphatic heterocycles. The Morgan fingerprint density at radius 2 is 2.00 bits per heavy atom. The molecule has 0 aliphatic carbocycles. The van der Waals surface area contributed by atoms with E-state index in [0.29, 0.717) is 19.0 Å². The van der Waals surface area contributed by atoms with Gasteiger partial charge in [-0.15, -0.1) is 10.2 Å². The number of rotatable bonds is 3. The molecular weight excluding hydrogens is 393 g/mol. The first-order valence-electron chi connectivity index (χ1n) is 10.5. The summed E-state index contributed by atoms with van der Waals surface area (Å²) in [4.78, 5) is 7.06. The largest absolute Gasteiger partial charge is 0.356 e. The van der Waals surface area contributed by atoms with Gasteiger partial charge in [-0.25, -0.2) is 9.37 Å². The van der Waals surface area contributed by atoms with Crippen LogP contribution in [0.3, 0.4) is 0 Å². The minimum absolute atomic E-state index is 0.239. The first-order valence-corrected chi connectivity index (χ1v) is 10.5. The van der Waals surface area contributed by atoms with Gasteiger partial charge in [0, 0.05) is 37.0 Å². The summed E-state index contributed by atoms with van der Waals surface area (Å²) in [5, 5.41) is 8.53. The Morgan fingerprint density at radius 1 is 1.13 bits per heavy atom. The number of hydrogen-bond donors (Lipinski definition) is 1. The zero-order chi connectivity index (χ0) is 20.9. The average molecular weight is 415 g/mol. The topological polar surface area (TPSA) is 77.8 Å². The van der Waals surface area contributed by atoms with E-state index >= 15 is 0 Å². The first kappa shape index (κ1) is 18.3. The molecule has 6 rings (SSSR count). The van der Waals surface area contributed by atoms with Gasteiger partial charge < -0.3 is 15.2 Å². The van der Waals surface area contributed by atoms with E-state index in [1.165, 1.54) is 12.1 Å². The summed E-state index contributed by atoms with van der Waals surface area (Å²) >= 11 is 0. The predicted molar refractivity (Wildman–Crippen MR) is 116 cm³/mol. The maximum Gasteiger partial charge on any atom is 0.185 e. The standard InChI is InChI=1S/C23H22FN7/c24-19-3-1-16(2-4-19)17-7-20-23-28-27-14-31(23)21-10-26-22(8-18(21)13-30(20)12-17)29-6-5-15(9-25)11-29/h1-4,7-8,10,12,14-15H,5-6,9,11,13,25H2/t15-/m0/s1. The van der Waals surface area contributed by atoms with Crippen LogP contribution in [0.1, 0.15) is 12.0 Å². The van der Waals surface area contributed by atoms with Crippen LogP contribution >= 0.6 is 0 Å². The smallest absolute Gasteiger partial charge is 0.185 e. The molecule has 0 bridgehead atoms. The van der Waals surface area contributed by atoms with Gasteiger partial charge >= 0.3 is 0 Å². The molecule has 31 heavy (non-hydrogen) atoms. The Hall–Kier alpha value is -3.52. The SMILES string of the molecule is NC[C@@H]1CCN(c2cc3c(cn2)-n2cnnc2-c2cc(-c4ccc(F)cc4)cn2C3)C1. The van der Waals surface area contributed by atoms with E-state index < -0.39 is 0 Å². The Balaban J connectivity index is 1.43. The molecule has 0 spiro atoms. The van der Waals surface area contributed by atoms with Crippen LogP contribution in [0.2, 0.25) is 0 Å². The van der Waals surface area contributed by atoms with E-state index in [2.05, 4.69) is 38.0 Å². The lowest BCUT2D eigenvalue weighted by Crippen LogP contribution is -2.23. The minimum Gasteiger partial charge on any atom is -0.356 e. The maximum atomic E-state index is 13.4. The van der Waals surface area contributed by atoms with Crippen molar-refractivity contribution >= 4 is 5.82 Å². The molecule has 1 atom stereocenters. The van der Waals surface area contributed by atoms with E-state index in [-0.39, 0.29) is 5.82 Å². The number of anilines is 1. The Bertz CT molecular complexity index is 1260. The molecule has 156 valence electrons. The summed E-state index contributed by atoms with van der Waals surface area (Å²) in [6.07, 6.45) is 6.85. The molecule has 2 N–H and O–H groups in total. The number of hydrogen-bond acceptors (Lipinski definition) is 5. The van der Waals surface area contributed by atoms with Crippen molar-refractivity contribution in [3.8, 4) is 28.3 Å². The molecule has 1 saturated heterocycles.